The molecule has 4 nitrogen and oxygen atoms in total. The van der Waals surface area contributed by atoms with Crippen LogP contribution in [0, 0.1) is 0 Å². The summed E-state index contributed by atoms with van der Waals surface area (Å²) in [4.78, 5) is 8.29. The van der Waals surface area contributed by atoms with Crippen molar-refractivity contribution in [2.45, 2.75) is 19.8 Å². The molecular weight excluding hydrogens is 166 g/mol. The van der Waals surface area contributed by atoms with Gasteiger partial charge in [0, 0.05) is 6.42 Å². The van der Waals surface area contributed by atoms with E-state index in [9.17, 15) is 0 Å². The summed E-state index contributed by atoms with van der Waals surface area (Å²) in [6, 6.07) is 0. The first kappa shape index (κ1) is 9.92. The highest BCUT2D eigenvalue weighted by Crippen LogP contribution is 2.06. The SMILES string of the molecule is CCOc1cnc(CCCN)nc1. The van der Waals surface area contributed by atoms with E-state index >= 15 is 0 Å². The number of aromatic nitrogens is 2. The van der Waals surface area contributed by atoms with Gasteiger partial charge < -0.3 is 10.5 Å². The van der Waals surface area contributed by atoms with Crippen LogP contribution >= 0.6 is 0 Å². The summed E-state index contributed by atoms with van der Waals surface area (Å²) in [7, 11) is 0. The monoisotopic (exact) mass is 181 g/mol. The molecule has 0 spiro atoms. The van der Waals surface area contributed by atoms with E-state index in [2.05, 4.69) is 9.97 Å². The molecule has 72 valence electrons. The van der Waals surface area contributed by atoms with E-state index in [0.29, 0.717) is 13.2 Å². The van der Waals surface area contributed by atoms with Gasteiger partial charge in [0.1, 0.15) is 5.82 Å². The average Bonchev–Trinajstić information content (AvgIpc) is 2.17. The summed E-state index contributed by atoms with van der Waals surface area (Å²) in [6.07, 6.45) is 5.15. The Morgan fingerprint density at radius 1 is 1.38 bits per heavy atom. The molecule has 1 aromatic heterocycles. The molecule has 0 aliphatic carbocycles. The Balaban J connectivity index is 2.48. The van der Waals surface area contributed by atoms with E-state index in [1.807, 2.05) is 6.92 Å². The second-order valence-corrected chi connectivity index (χ2v) is 2.66. The zero-order chi connectivity index (χ0) is 9.52. The van der Waals surface area contributed by atoms with Crippen molar-refractivity contribution in [3.63, 3.8) is 0 Å². The molecule has 0 unspecified atom stereocenters. The summed E-state index contributed by atoms with van der Waals surface area (Å²) in [5, 5.41) is 0. The van der Waals surface area contributed by atoms with Crippen LogP contribution in [0.25, 0.3) is 0 Å². The lowest BCUT2D eigenvalue weighted by Crippen LogP contribution is -2.03. The molecule has 4 heteroatoms. The lowest BCUT2D eigenvalue weighted by molar-refractivity contribution is 0.337. The van der Waals surface area contributed by atoms with Crippen LogP contribution in [-0.4, -0.2) is 23.1 Å². The normalized spacial score (nSPS) is 10.0. The van der Waals surface area contributed by atoms with Crippen LogP contribution in [0.15, 0.2) is 12.4 Å². The topological polar surface area (TPSA) is 61.0 Å². The number of hydrogen-bond donors (Lipinski definition) is 1. The van der Waals surface area contributed by atoms with Gasteiger partial charge in [-0.15, -0.1) is 0 Å². The van der Waals surface area contributed by atoms with Gasteiger partial charge in [0.2, 0.25) is 0 Å². The van der Waals surface area contributed by atoms with E-state index in [4.69, 9.17) is 10.5 Å². The third-order valence-corrected chi connectivity index (χ3v) is 1.60. The van der Waals surface area contributed by atoms with Crippen molar-refractivity contribution in [3.8, 4) is 5.75 Å². The highest BCUT2D eigenvalue weighted by Gasteiger charge is 1.96. The van der Waals surface area contributed by atoms with E-state index < -0.39 is 0 Å². The van der Waals surface area contributed by atoms with Crippen LogP contribution in [0.4, 0.5) is 0 Å². The summed E-state index contributed by atoms with van der Waals surface area (Å²) < 4.78 is 5.22. The number of aryl methyl sites for hydroxylation is 1. The van der Waals surface area contributed by atoms with Crippen molar-refractivity contribution in [1.82, 2.24) is 9.97 Å². The number of ether oxygens (including phenoxy) is 1. The maximum Gasteiger partial charge on any atom is 0.155 e. The Labute approximate surface area is 78.1 Å². The molecule has 1 aromatic rings. The second-order valence-electron chi connectivity index (χ2n) is 2.66. The summed E-state index contributed by atoms with van der Waals surface area (Å²) in [5.74, 6) is 1.55. The van der Waals surface area contributed by atoms with Gasteiger partial charge in [-0.05, 0) is 19.9 Å². The first-order chi connectivity index (χ1) is 6.36. The molecule has 0 saturated carbocycles. The number of nitrogens with zero attached hydrogens (tertiary/aromatic N) is 2. The van der Waals surface area contributed by atoms with Crippen LogP contribution in [0.1, 0.15) is 19.2 Å². The first-order valence-corrected chi connectivity index (χ1v) is 4.50. The minimum Gasteiger partial charge on any atom is -0.491 e. The average molecular weight is 181 g/mol. The van der Waals surface area contributed by atoms with Gasteiger partial charge in [-0.25, -0.2) is 9.97 Å². The number of rotatable bonds is 5. The molecule has 0 saturated heterocycles. The highest BCUT2D eigenvalue weighted by molar-refractivity contribution is 5.12. The van der Waals surface area contributed by atoms with Crippen molar-refractivity contribution in [2.24, 2.45) is 5.73 Å². The molecule has 1 rings (SSSR count). The van der Waals surface area contributed by atoms with Crippen LogP contribution in [0.3, 0.4) is 0 Å². The molecule has 13 heavy (non-hydrogen) atoms. The van der Waals surface area contributed by atoms with E-state index in [-0.39, 0.29) is 0 Å². The van der Waals surface area contributed by atoms with Crippen molar-refractivity contribution in [1.29, 1.82) is 0 Å². The minimum absolute atomic E-state index is 0.644. The van der Waals surface area contributed by atoms with Crippen molar-refractivity contribution in [2.75, 3.05) is 13.2 Å². The van der Waals surface area contributed by atoms with Gasteiger partial charge in [0.15, 0.2) is 5.75 Å². The number of nitrogens with two attached hydrogens (primary N) is 1. The molecule has 0 radical (unpaired) electrons. The molecule has 0 aromatic carbocycles. The maximum absolute atomic E-state index is 5.37. The lowest BCUT2D eigenvalue weighted by Gasteiger charge is -2.02. The third kappa shape index (κ3) is 3.38. The molecule has 0 bridgehead atoms. The minimum atomic E-state index is 0.644. The molecule has 1 heterocycles. The fourth-order valence-electron chi connectivity index (χ4n) is 0.973. The largest absolute Gasteiger partial charge is 0.491 e. The zero-order valence-electron chi connectivity index (χ0n) is 7.86. The molecular formula is C9H15N3O. The molecule has 0 atom stereocenters. The summed E-state index contributed by atoms with van der Waals surface area (Å²) in [5.41, 5.74) is 5.37. The van der Waals surface area contributed by atoms with Crippen molar-refractivity contribution < 1.29 is 4.74 Å². The quantitative estimate of drug-likeness (QED) is 0.728. The molecule has 0 aliphatic heterocycles. The standard InChI is InChI=1S/C9H15N3O/c1-2-13-8-6-11-9(12-7-8)4-3-5-10/h6-7H,2-5,10H2,1H3. The zero-order valence-corrected chi connectivity index (χ0v) is 7.86. The fourth-order valence-corrected chi connectivity index (χ4v) is 0.973. The predicted octanol–water partition coefficient (Wildman–Crippen LogP) is 0.767. The smallest absolute Gasteiger partial charge is 0.155 e. The molecule has 0 fully saturated rings. The van der Waals surface area contributed by atoms with Crippen LogP contribution in [0.5, 0.6) is 5.75 Å². The maximum atomic E-state index is 5.37. The second kappa shape index (κ2) is 5.48. The van der Waals surface area contributed by atoms with E-state index in [1.165, 1.54) is 0 Å². The van der Waals surface area contributed by atoms with Gasteiger partial charge in [-0.2, -0.15) is 0 Å². The van der Waals surface area contributed by atoms with Crippen LogP contribution in [-0.2, 0) is 6.42 Å². The summed E-state index contributed by atoms with van der Waals surface area (Å²) in [6.45, 7) is 3.25. The van der Waals surface area contributed by atoms with Gasteiger partial charge in [-0.1, -0.05) is 0 Å². The number of hydrogen-bond acceptors (Lipinski definition) is 4. The Bertz CT molecular complexity index is 235. The van der Waals surface area contributed by atoms with E-state index in [1.54, 1.807) is 12.4 Å². The van der Waals surface area contributed by atoms with Gasteiger partial charge in [-0.3, -0.25) is 0 Å². The van der Waals surface area contributed by atoms with Gasteiger partial charge in [0.25, 0.3) is 0 Å². The predicted molar refractivity (Wildman–Crippen MR) is 50.6 cm³/mol. The van der Waals surface area contributed by atoms with Crippen LogP contribution in [0.2, 0.25) is 0 Å². The molecule has 0 amide bonds. The van der Waals surface area contributed by atoms with Crippen molar-refractivity contribution in [3.05, 3.63) is 18.2 Å². The van der Waals surface area contributed by atoms with E-state index in [0.717, 1.165) is 24.4 Å². The Morgan fingerprint density at radius 3 is 2.62 bits per heavy atom. The lowest BCUT2D eigenvalue weighted by atomic mass is 10.3. The third-order valence-electron chi connectivity index (χ3n) is 1.60. The molecule has 0 aliphatic rings. The van der Waals surface area contributed by atoms with Crippen LogP contribution < -0.4 is 10.5 Å². The van der Waals surface area contributed by atoms with Gasteiger partial charge >= 0.3 is 0 Å². The fraction of sp³-hybridized carbons (Fsp3) is 0.556. The Kier molecular flexibility index (Phi) is 4.18. The highest BCUT2D eigenvalue weighted by atomic mass is 16.5. The van der Waals surface area contributed by atoms with Gasteiger partial charge in [0.05, 0.1) is 19.0 Å². The Morgan fingerprint density at radius 2 is 2.08 bits per heavy atom. The Hall–Kier alpha value is -1.16. The van der Waals surface area contributed by atoms with Crippen molar-refractivity contribution >= 4 is 0 Å². The molecule has 2 N–H and O–H groups in total. The summed E-state index contributed by atoms with van der Waals surface area (Å²) >= 11 is 0. The first-order valence-electron chi connectivity index (χ1n) is 4.50.